The summed E-state index contributed by atoms with van der Waals surface area (Å²) in [6.45, 7) is -0.651. The van der Waals surface area contributed by atoms with Crippen LogP contribution in [-0.4, -0.2) is 66.0 Å². The van der Waals surface area contributed by atoms with Crippen LogP contribution in [0.15, 0.2) is 36.4 Å². The number of carbonyl (C=O) groups is 4. The number of benzene rings is 2. The van der Waals surface area contributed by atoms with E-state index >= 15 is 0 Å². The average molecular weight is 487 g/mol. The molecule has 186 valence electrons. The van der Waals surface area contributed by atoms with E-state index in [-0.39, 0.29) is 16.8 Å². The molecule has 0 aliphatic carbocycles. The topological polar surface area (TPSA) is 136 Å². The number of amides is 1. The Bertz CT molecular complexity index is 1110. The molecule has 0 aliphatic heterocycles. The standard InChI is InChI=1S/C24H25NO10/c1-30-18-10-14(11-19(31-2)22(18)32-3)6-9-21(27)35-13-20(26)25-17-12-15(23(28)33-4)7-8-16(17)24(29)34-5/h6-12H,13H2,1-5H3,(H,25,26)/b9-6+. The van der Waals surface area contributed by atoms with Crippen LogP contribution < -0.4 is 19.5 Å². The number of hydrogen-bond acceptors (Lipinski definition) is 10. The summed E-state index contributed by atoms with van der Waals surface area (Å²) in [6.07, 6.45) is 2.56. The molecule has 11 heteroatoms. The Balaban J connectivity index is 2.08. The molecule has 1 N–H and O–H groups in total. The Morgan fingerprint density at radius 1 is 0.829 bits per heavy atom. The molecule has 0 atom stereocenters. The second-order valence-electron chi connectivity index (χ2n) is 6.69. The van der Waals surface area contributed by atoms with Gasteiger partial charge in [0, 0.05) is 6.08 Å². The summed E-state index contributed by atoms with van der Waals surface area (Å²) in [5.74, 6) is -1.75. The third-order valence-corrected chi connectivity index (χ3v) is 4.56. The minimum Gasteiger partial charge on any atom is -0.493 e. The second kappa shape index (κ2) is 12.6. The smallest absolute Gasteiger partial charge is 0.339 e. The SMILES string of the molecule is COC(=O)c1ccc(C(=O)OC)c(NC(=O)COC(=O)/C=C/c2cc(OC)c(OC)c(OC)c2)c1. The third-order valence-electron chi connectivity index (χ3n) is 4.56. The zero-order valence-electron chi connectivity index (χ0n) is 19.8. The Morgan fingerprint density at radius 2 is 1.46 bits per heavy atom. The van der Waals surface area contributed by atoms with Gasteiger partial charge in [-0.2, -0.15) is 0 Å². The monoisotopic (exact) mass is 487 g/mol. The van der Waals surface area contributed by atoms with Crippen molar-refractivity contribution in [2.24, 2.45) is 0 Å². The number of carbonyl (C=O) groups excluding carboxylic acids is 4. The molecule has 11 nitrogen and oxygen atoms in total. The molecule has 0 radical (unpaired) electrons. The fraction of sp³-hybridized carbons (Fsp3) is 0.250. The molecule has 0 spiro atoms. The fourth-order valence-electron chi connectivity index (χ4n) is 2.91. The molecule has 0 fully saturated rings. The van der Waals surface area contributed by atoms with Crippen molar-refractivity contribution in [2.75, 3.05) is 47.5 Å². The van der Waals surface area contributed by atoms with Gasteiger partial charge in [0.2, 0.25) is 5.75 Å². The number of anilines is 1. The lowest BCUT2D eigenvalue weighted by Gasteiger charge is -2.12. The predicted molar refractivity (Wildman–Crippen MR) is 124 cm³/mol. The van der Waals surface area contributed by atoms with E-state index in [0.29, 0.717) is 22.8 Å². The molecule has 0 unspecified atom stereocenters. The van der Waals surface area contributed by atoms with Gasteiger partial charge in [-0.3, -0.25) is 4.79 Å². The van der Waals surface area contributed by atoms with E-state index < -0.39 is 30.4 Å². The van der Waals surface area contributed by atoms with Gasteiger partial charge in [-0.1, -0.05) is 0 Å². The van der Waals surface area contributed by atoms with Crippen LogP contribution in [0.25, 0.3) is 6.08 Å². The van der Waals surface area contributed by atoms with Gasteiger partial charge in [0.15, 0.2) is 18.1 Å². The molecule has 0 aliphatic rings. The minimum absolute atomic E-state index is 0.00197. The van der Waals surface area contributed by atoms with Crippen LogP contribution in [0.4, 0.5) is 5.69 Å². The zero-order chi connectivity index (χ0) is 26.0. The maximum atomic E-state index is 12.3. The average Bonchev–Trinajstić information content (AvgIpc) is 2.88. The van der Waals surface area contributed by atoms with Crippen LogP contribution >= 0.6 is 0 Å². The van der Waals surface area contributed by atoms with Crippen molar-refractivity contribution in [3.05, 3.63) is 53.1 Å². The highest BCUT2D eigenvalue weighted by Crippen LogP contribution is 2.38. The van der Waals surface area contributed by atoms with Crippen LogP contribution in [0, 0.1) is 0 Å². The summed E-state index contributed by atoms with van der Waals surface area (Å²) in [4.78, 5) is 48.2. The first kappa shape index (κ1) is 26.7. The molecular formula is C24H25NO10. The van der Waals surface area contributed by atoms with Crippen LogP contribution in [-0.2, 0) is 23.8 Å². The van der Waals surface area contributed by atoms with E-state index in [1.54, 1.807) is 12.1 Å². The maximum absolute atomic E-state index is 12.3. The summed E-state index contributed by atoms with van der Waals surface area (Å²) >= 11 is 0. The highest BCUT2D eigenvalue weighted by molar-refractivity contribution is 6.04. The normalized spacial score (nSPS) is 10.3. The van der Waals surface area contributed by atoms with E-state index in [1.807, 2.05) is 0 Å². The summed E-state index contributed by atoms with van der Waals surface area (Å²) in [6, 6.07) is 7.16. The van der Waals surface area contributed by atoms with Crippen LogP contribution in [0.1, 0.15) is 26.3 Å². The van der Waals surface area contributed by atoms with Crippen LogP contribution in [0.3, 0.4) is 0 Å². The molecule has 1 amide bonds. The molecule has 0 saturated heterocycles. The van der Waals surface area contributed by atoms with Gasteiger partial charge in [0.25, 0.3) is 5.91 Å². The molecule has 0 aromatic heterocycles. The Hall–Kier alpha value is -4.54. The Morgan fingerprint density at radius 3 is 2.00 bits per heavy atom. The molecule has 2 rings (SSSR count). The van der Waals surface area contributed by atoms with Crippen molar-refractivity contribution in [1.29, 1.82) is 0 Å². The number of esters is 3. The highest BCUT2D eigenvalue weighted by Gasteiger charge is 2.18. The number of methoxy groups -OCH3 is 5. The second-order valence-corrected chi connectivity index (χ2v) is 6.69. The van der Waals surface area contributed by atoms with Gasteiger partial charge < -0.3 is 33.7 Å². The van der Waals surface area contributed by atoms with Crippen LogP contribution in [0.5, 0.6) is 17.2 Å². The van der Waals surface area contributed by atoms with E-state index in [9.17, 15) is 19.2 Å². The van der Waals surface area contributed by atoms with Crippen molar-refractivity contribution >= 4 is 35.6 Å². The number of rotatable bonds is 10. The minimum atomic E-state index is -0.801. The molecule has 2 aromatic rings. The van der Waals surface area contributed by atoms with E-state index in [1.165, 1.54) is 59.8 Å². The van der Waals surface area contributed by atoms with Crippen molar-refractivity contribution in [1.82, 2.24) is 0 Å². The summed E-state index contributed by atoms with van der Waals surface area (Å²) in [5.41, 5.74) is 0.653. The lowest BCUT2D eigenvalue weighted by Crippen LogP contribution is -2.22. The van der Waals surface area contributed by atoms with Crippen molar-refractivity contribution in [3.63, 3.8) is 0 Å². The summed E-state index contributed by atoms with van der Waals surface area (Å²) in [7, 11) is 6.76. The first-order chi connectivity index (χ1) is 16.8. The third kappa shape index (κ3) is 6.97. The number of nitrogens with one attached hydrogen (secondary N) is 1. The Labute approximate surface area is 201 Å². The fourth-order valence-corrected chi connectivity index (χ4v) is 2.91. The lowest BCUT2D eigenvalue weighted by atomic mass is 10.1. The summed E-state index contributed by atoms with van der Waals surface area (Å²) < 4.78 is 30.0. The first-order valence-corrected chi connectivity index (χ1v) is 10.0. The summed E-state index contributed by atoms with van der Waals surface area (Å²) in [5, 5.41) is 2.42. The van der Waals surface area contributed by atoms with Gasteiger partial charge >= 0.3 is 17.9 Å². The van der Waals surface area contributed by atoms with Gasteiger partial charge in [-0.15, -0.1) is 0 Å². The maximum Gasteiger partial charge on any atom is 0.339 e. The molecule has 35 heavy (non-hydrogen) atoms. The molecular weight excluding hydrogens is 462 g/mol. The molecule has 2 aromatic carbocycles. The van der Waals surface area contributed by atoms with Gasteiger partial charge in [0.05, 0.1) is 52.4 Å². The van der Waals surface area contributed by atoms with E-state index in [0.717, 1.165) is 6.08 Å². The Kier molecular flexibility index (Phi) is 9.64. The van der Waals surface area contributed by atoms with Gasteiger partial charge in [0.1, 0.15) is 0 Å². The number of hydrogen-bond donors (Lipinski definition) is 1. The van der Waals surface area contributed by atoms with Crippen molar-refractivity contribution < 1.29 is 47.6 Å². The van der Waals surface area contributed by atoms with E-state index in [2.05, 4.69) is 14.8 Å². The quantitative estimate of drug-likeness (QED) is 0.302. The molecule has 0 saturated carbocycles. The van der Waals surface area contributed by atoms with Crippen LogP contribution in [0.2, 0.25) is 0 Å². The first-order valence-electron chi connectivity index (χ1n) is 10.0. The predicted octanol–water partition coefficient (Wildman–Crippen LogP) is 2.48. The zero-order valence-corrected chi connectivity index (χ0v) is 19.8. The van der Waals surface area contributed by atoms with Crippen molar-refractivity contribution in [3.8, 4) is 17.2 Å². The van der Waals surface area contributed by atoms with Gasteiger partial charge in [-0.25, -0.2) is 14.4 Å². The molecule has 0 bridgehead atoms. The lowest BCUT2D eigenvalue weighted by molar-refractivity contribution is -0.142. The number of ether oxygens (including phenoxy) is 6. The van der Waals surface area contributed by atoms with E-state index in [4.69, 9.17) is 18.9 Å². The van der Waals surface area contributed by atoms with Gasteiger partial charge in [-0.05, 0) is 42.0 Å². The largest absolute Gasteiger partial charge is 0.493 e. The highest BCUT2D eigenvalue weighted by atomic mass is 16.5. The molecule has 0 heterocycles. The van der Waals surface area contributed by atoms with Crippen molar-refractivity contribution in [2.45, 2.75) is 0 Å².